The van der Waals surface area contributed by atoms with Gasteiger partial charge in [-0.3, -0.25) is 0 Å². The first-order chi connectivity index (χ1) is 8.72. The van der Waals surface area contributed by atoms with Crippen LogP contribution in [0.5, 0.6) is 5.75 Å². The number of ether oxygens (including phenoxy) is 1. The van der Waals surface area contributed by atoms with Gasteiger partial charge in [0.1, 0.15) is 16.7 Å². The summed E-state index contributed by atoms with van der Waals surface area (Å²) < 4.78 is 32.0. The first-order valence-electron chi connectivity index (χ1n) is 5.77. The maximum atomic E-state index is 12.3. The van der Waals surface area contributed by atoms with Gasteiger partial charge in [0.15, 0.2) is 0 Å². The van der Waals surface area contributed by atoms with E-state index in [0.717, 1.165) is 0 Å². The smallest absolute Gasteiger partial charge is 0.245 e. The average Bonchev–Trinajstić information content (AvgIpc) is 2.34. The molecule has 0 aromatic heterocycles. The van der Waals surface area contributed by atoms with Gasteiger partial charge in [0, 0.05) is 0 Å². The SMILES string of the molecule is COc1ccccc1S(=O)(=O)N[C@H](C#N)C(C)(C)C. The Morgan fingerprint density at radius 2 is 1.89 bits per heavy atom. The van der Waals surface area contributed by atoms with E-state index in [1.165, 1.54) is 13.2 Å². The lowest BCUT2D eigenvalue weighted by molar-refractivity contribution is 0.349. The monoisotopic (exact) mass is 282 g/mol. The second-order valence-electron chi connectivity index (χ2n) is 5.20. The topological polar surface area (TPSA) is 79.2 Å². The van der Waals surface area contributed by atoms with Crippen LogP contribution < -0.4 is 9.46 Å². The van der Waals surface area contributed by atoms with Crippen LogP contribution in [0.25, 0.3) is 0 Å². The summed E-state index contributed by atoms with van der Waals surface area (Å²) >= 11 is 0. The molecule has 0 saturated carbocycles. The Hall–Kier alpha value is -1.58. The molecule has 0 fully saturated rings. The minimum Gasteiger partial charge on any atom is -0.495 e. The van der Waals surface area contributed by atoms with Crippen molar-refractivity contribution in [2.24, 2.45) is 5.41 Å². The highest BCUT2D eigenvalue weighted by molar-refractivity contribution is 7.89. The van der Waals surface area contributed by atoms with E-state index >= 15 is 0 Å². The highest BCUT2D eigenvalue weighted by Gasteiger charge is 2.30. The number of rotatable bonds is 4. The zero-order valence-electron chi connectivity index (χ0n) is 11.5. The Labute approximate surface area is 114 Å². The first-order valence-corrected chi connectivity index (χ1v) is 7.25. The van der Waals surface area contributed by atoms with E-state index in [0.29, 0.717) is 0 Å². The molecule has 19 heavy (non-hydrogen) atoms. The Morgan fingerprint density at radius 3 is 2.37 bits per heavy atom. The molecule has 0 saturated heterocycles. The molecule has 0 aliphatic rings. The van der Waals surface area contributed by atoms with Crippen LogP contribution in [0.3, 0.4) is 0 Å². The van der Waals surface area contributed by atoms with Crippen molar-refractivity contribution in [2.45, 2.75) is 31.7 Å². The molecule has 0 aliphatic heterocycles. The van der Waals surface area contributed by atoms with Crippen molar-refractivity contribution in [1.82, 2.24) is 4.72 Å². The van der Waals surface area contributed by atoms with E-state index in [9.17, 15) is 8.42 Å². The first kappa shape index (κ1) is 15.5. The molecule has 6 heteroatoms. The lowest BCUT2D eigenvalue weighted by atomic mass is 9.88. The standard InChI is InChI=1S/C13H18N2O3S/c1-13(2,3)12(9-14)15-19(16,17)11-8-6-5-7-10(11)18-4/h5-8,12,15H,1-4H3/t12-/m1/s1. The number of sulfonamides is 1. The second kappa shape index (κ2) is 5.59. The second-order valence-corrected chi connectivity index (χ2v) is 6.88. The van der Waals surface area contributed by atoms with Crippen LogP contribution in [0.4, 0.5) is 0 Å². The number of nitriles is 1. The number of methoxy groups -OCH3 is 1. The van der Waals surface area contributed by atoms with Gasteiger partial charge < -0.3 is 4.74 Å². The van der Waals surface area contributed by atoms with Crippen LogP contribution in [0.1, 0.15) is 20.8 Å². The minimum absolute atomic E-state index is 0.0296. The molecule has 0 unspecified atom stereocenters. The molecule has 0 radical (unpaired) electrons. The average molecular weight is 282 g/mol. The Balaban J connectivity index is 3.16. The fourth-order valence-corrected chi connectivity index (χ4v) is 2.97. The molecule has 1 aromatic rings. The van der Waals surface area contributed by atoms with Gasteiger partial charge in [-0.1, -0.05) is 32.9 Å². The van der Waals surface area contributed by atoms with Crippen molar-refractivity contribution < 1.29 is 13.2 Å². The number of hydrogen-bond donors (Lipinski definition) is 1. The van der Waals surface area contributed by atoms with Crippen LogP contribution in [-0.2, 0) is 10.0 Å². The van der Waals surface area contributed by atoms with Crippen molar-refractivity contribution in [3.8, 4) is 11.8 Å². The fraction of sp³-hybridized carbons (Fsp3) is 0.462. The van der Waals surface area contributed by atoms with Gasteiger partial charge in [-0.2, -0.15) is 9.98 Å². The summed E-state index contributed by atoms with van der Waals surface area (Å²) in [6.07, 6.45) is 0. The predicted octanol–water partition coefficient (Wildman–Crippen LogP) is 1.91. The fourth-order valence-electron chi connectivity index (χ4n) is 1.46. The van der Waals surface area contributed by atoms with Gasteiger partial charge in [0.05, 0.1) is 13.2 Å². The summed E-state index contributed by atoms with van der Waals surface area (Å²) in [5, 5.41) is 9.09. The van der Waals surface area contributed by atoms with Crippen molar-refractivity contribution in [2.75, 3.05) is 7.11 Å². The molecule has 0 spiro atoms. The van der Waals surface area contributed by atoms with Crippen LogP contribution in [0.2, 0.25) is 0 Å². The number of nitrogens with zero attached hydrogens (tertiary/aromatic N) is 1. The van der Waals surface area contributed by atoms with Gasteiger partial charge >= 0.3 is 0 Å². The summed E-state index contributed by atoms with van der Waals surface area (Å²) in [5.41, 5.74) is -0.496. The van der Waals surface area contributed by atoms with Gasteiger partial charge in [0.2, 0.25) is 10.0 Å². The summed E-state index contributed by atoms with van der Waals surface area (Å²) in [5.74, 6) is 0.251. The predicted molar refractivity (Wildman–Crippen MR) is 72.2 cm³/mol. The third kappa shape index (κ3) is 3.69. The normalized spacial score (nSPS) is 13.6. The lowest BCUT2D eigenvalue weighted by Crippen LogP contribution is -2.42. The summed E-state index contributed by atoms with van der Waals surface area (Å²) in [7, 11) is -2.39. The molecule has 1 N–H and O–H groups in total. The number of hydrogen-bond acceptors (Lipinski definition) is 4. The largest absolute Gasteiger partial charge is 0.495 e. The van der Waals surface area contributed by atoms with Gasteiger partial charge in [-0.05, 0) is 17.5 Å². The highest BCUT2D eigenvalue weighted by atomic mass is 32.2. The molecule has 0 aliphatic carbocycles. The number of benzene rings is 1. The number of para-hydroxylation sites is 1. The molecule has 5 nitrogen and oxygen atoms in total. The molecule has 104 valence electrons. The molecule has 0 heterocycles. The molecular formula is C13H18N2O3S. The van der Waals surface area contributed by atoms with Crippen molar-refractivity contribution >= 4 is 10.0 Å². The zero-order chi connectivity index (χ0) is 14.7. The van der Waals surface area contributed by atoms with E-state index in [-0.39, 0.29) is 10.6 Å². The third-order valence-electron chi connectivity index (χ3n) is 2.63. The maximum Gasteiger partial charge on any atom is 0.245 e. The van der Waals surface area contributed by atoms with Crippen LogP contribution >= 0.6 is 0 Å². The lowest BCUT2D eigenvalue weighted by Gasteiger charge is -2.25. The molecule has 0 amide bonds. The summed E-state index contributed by atoms with van der Waals surface area (Å²) in [6, 6.07) is 7.45. The molecule has 1 atom stereocenters. The van der Waals surface area contributed by atoms with Crippen molar-refractivity contribution in [3.63, 3.8) is 0 Å². The Kier molecular flexibility index (Phi) is 4.56. The summed E-state index contributed by atoms with van der Waals surface area (Å²) in [6.45, 7) is 5.39. The highest BCUT2D eigenvalue weighted by Crippen LogP contribution is 2.25. The Morgan fingerprint density at radius 1 is 1.32 bits per heavy atom. The van der Waals surface area contributed by atoms with E-state index in [1.54, 1.807) is 39.0 Å². The van der Waals surface area contributed by atoms with Crippen LogP contribution in [0, 0.1) is 16.7 Å². The van der Waals surface area contributed by atoms with Crippen LogP contribution in [-0.4, -0.2) is 21.6 Å². The van der Waals surface area contributed by atoms with Crippen molar-refractivity contribution in [1.29, 1.82) is 5.26 Å². The zero-order valence-corrected chi connectivity index (χ0v) is 12.3. The van der Waals surface area contributed by atoms with Gasteiger partial charge in [-0.15, -0.1) is 0 Å². The third-order valence-corrected chi connectivity index (χ3v) is 4.09. The summed E-state index contributed by atoms with van der Waals surface area (Å²) in [4.78, 5) is 0.0296. The maximum absolute atomic E-state index is 12.3. The van der Waals surface area contributed by atoms with Gasteiger partial charge in [-0.25, -0.2) is 8.42 Å². The Bertz CT molecular complexity index is 583. The minimum atomic E-state index is -3.79. The van der Waals surface area contributed by atoms with Crippen molar-refractivity contribution in [3.05, 3.63) is 24.3 Å². The number of nitrogens with one attached hydrogen (secondary N) is 1. The van der Waals surface area contributed by atoms with Gasteiger partial charge in [0.25, 0.3) is 0 Å². The molecule has 0 bridgehead atoms. The quantitative estimate of drug-likeness (QED) is 0.915. The molecule has 1 rings (SSSR count). The van der Waals surface area contributed by atoms with E-state index in [4.69, 9.17) is 10.00 Å². The van der Waals surface area contributed by atoms with E-state index < -0.39 is 21.5 Å². The molecule has 1 aromatic carbocycles. The van der Waals surface area contributed by atoms with Crippen LogP contribution in [0.15, 0.2) is 29.2 Å². The molecular weight excluding hydrogens is 264 g/mol. The van der Waals surface area contributed by atoms with E-state index in [2.05, 4.69) is 4.72 Å². The van der Waals surface area contributed by atoms with E-state index in [1.807, 2.05) is 6.07 Å².